The minimum atomic E-state index is -3.47. The molecular formula is C20H27N3O3S. The van der Waals surface area contributed by atoms with Gasteiger partial charge in [0.15, 0.2) is 0 Å². The van der Waals surface area contributed by atoms with Gasteiger partial charge in [-0.1, -0.05) is 31.5 Å². The average Bonchev–Trinajstić information content (AvgIpc) is 2.63. The first-order chi connectivity index (χ1) is 12.8. The summed E-state index contributed by atoms with van der Waals surface area (Å²) in [4.78, 5) is 12.4. The number of hydrogen-bond donors (Lipinski definition) is 2. The molecule has 0 saturated carbocycles. The maximum Gasteiger partial charge on any atom is 0.243 e. The smallest absolute Gasteiger partial charge is 0.243 e. The van der Waals surface area contributed by atoms with Crippen molar-refractivity contribution >= 4 is 27.3 Å². The van der Waals surface area contributed by atoms with Crippen LogP contribution < -0.4 is 10.6 Å². The van der Waals surface area contributed by atoms with Crippen molar-refractivity contribution in [2.24, 2.45) is 0 Å². The monoisotopic (exact) mass is 389 g/mol. The van der Waals surface area contributed by atoms with E-state index in [-0.39, 0.29) is 17.3 Å². The quantitative estimate of drug-likeness (QED) is 0.725. The molecule has 0 spiro atoms. The van der Waals surface area contributed by atoms with Gasteiger partial charge in [0.05, 0.1) is 11.4 Å². The summed E-state index contributed by atoms with van der Waals surface area (Å²) in [7, 11) is -3.47. The molecule has 0 aliphatic carbocycles. The van der Waals surface area contributed by atoms with E-state index in [0.717, 1.165) is 16.8 Å². The maximum atomic E-state index is 12.5. The number of carbonyl (C=O) groups is 1. The van der Waals surface area contributed by atoms with Crippen molar-refractivity contribution in [2.75, 3.05) is 30.3 Å². The van der Waals surface area contributed by atoms with Crippen molar-refractivity contribution in [2.45, 2.75) is 32.6 Å². The van der Waals surface area contributed by atoms with Crippen LogP contribution in [0.5, 0.6) is 0 Å². The summed E-state index contributed by atoms with van der Waals surface area (Å²) in [6, 6.07) is 12.3. The Labute approximate surface area is 161 Å². The van der Waals surface area contributed by atoms with E-state index in [9.17, 15) is 13.2 Å². The highest BCUT2D eigenvalue weighted by Crippen LogP contribution is 2.19. The van der Waals surface area contributed by atoms with Crippen molar-refractivity contribution in [1.82, 2.24) is 4.31 Å². The molecule has 146 valence electrons. The Morgan fingerprint density at radius 2 is 1.63 bits per heavy atom. The lowest BCUT2D eigenvalue weighted by Crippen LogP contribution is -2.30. The number of amides is 1. The standard InChI is InChI=1S/C20H27N3O3S/c1-5-23(6-2)27(25,26)18-10-8-17(9-11-18)21-14-20(24)22-19-12-7-15(3)13-16(19)4/h7-13,21H,5-6,14H2,1-4H3,(H,22,24). The van der Waals surface area contributed by atoms with Gasteiger partial charge in [-0.2, -0.15) is 4.31 Å². The van der Waals surface area contributed by atoms with E-state index in [4.69, 9.17) is 0 Å². The molecule has 0 aliphatic rings. The van der Waals surface area contributed by atoms with Crippen LogP contribution in [0.3, 0.4) is 0 Å². The number of rotatable bonds is 8. The van der Waals surface area contributed by atoms with Gasteiger partial charge in [0.2, 0.25) is 15.9 Å². The zero-order valence-corrected chi connectivity index (χ0v) is 17.1. The normalized spacial score (nSPS) is 11.4. The van der Waals surface area contributed by atoms with Gasteiger partial charge in [-0.05, 0) is 49.7 Å². The lowest BCUT2D eigenvalue weighted by Gasteiger charge is -2.18. The van der Waals surface area contributed by atoms with Gasteiger partial charge < -0.3 is 10.6 Å². The van der Waals surface area contributed by atoms with Crippen molar-refractivity contribution in [3.05, 3.63) is 53.6 Å². The molecule has 0 aliphatic heterocycles. The van der Waals surface area contributed by atoms with Crippen LogP contribution in [0.25, 0.3) is 0 Å². The van der Waals surface area contributed by atoms with E-state index >= 15 is 0 Å². The van der Waals surface area contributed by atoms with Gasteiger partial charge in [0, 0.05) is 24.5 Å². The molecule has 0 saturated heterocycles. The molecule has 0 fully saturated rings. The lowest BCUT2D eigenvalue weighted by molar-refractivity contribution is -0.114. The number of aryl methyl sites for hydroxylation is 2. The van der Waals surface area contributed by atoms with Crippen molar-refractivity contribution in [3.63, 3.8) is 0 Å². The first-order valence-electron chi connectivity index (χ1n) is 8.99. The summed E-state index contributed by atoms with van der Waals surface area (Å²) in [6.45, 7) is 8.52. The molecule has 2 aromatic carbocycles. The molecule has 0 heterocycles. The Kier molecular flexibility index (Phi) is 6.98. The third-order valence-electron chi connectivity index (χ3n) is 4.31. The molecule has 0 aromatic heterocycles. The van der Waals surface area contributed by atoms with E-state index in [2.05, 4.69) is 10.6 Å². The summed E-state index contributed by atoms with van der Waals surface area (Å²) in [6.07, 6.45) is 0. The summed E-state index contributed by atoms with van der Waals surface area (Å²) in [5.74, 6) is -0.165. The molecule has 2 aromatic rings. The van der Waals surface area contributed by atoms with Gasteiger partial charge >= 0.3 is 0 Å². The Morgan fingerprint density at radius 1 is 1.00 bits per heavy atom. The summed E-state index contributed by atoms with van der Waals surface area (Å²) < 4.78 is 26.4. The van der Waals surface area contributed by atoms with Crippen LogP contribution in [0.1, 0.15) is 25.0 Å². The topological polar surface area (TPSA) is 78.5 Å². The minimum absolute atomic E-state index is 0.0927. The Balaban J connectivity index is 1.97. The average molecular weight is 390 g/mol. The lowest BCUT2D eigenvalue weighted by atomic mass is 10.1. The van der Waals surface area contributed by atoms with Crippen LogP contribution in [0, 0.1) is 13.8 Å². The van der Waals surface area contributed by atoms with Crippen LogP contribution in [0.2, 0.25) is 0 Å². The largest absolute Gasteiger partial charge is 0.376 e. The zero-order chi connectivity index (χ0) is 20.0. The molecule has 0 bridgehead atoms. The third-order valence-corrected chi connectivity index (χ3v) is 6.37. The molecule has 2 rings (SSSR count). The van der Waals surface area contributed by atoms with Crippen LogP contribution in [0.4, 0.5) is 11.4 Å². The van der Waals surface area contributed by atoms with Crippen LogP contribution in [0.15, 0.2) is 47.4 Å². The van der Waals surface area contributed by atoms with Crippen LogP contribution >= 0.6 is 0 Å². The Hall–Kier alpha value is -2.38. The minimum Gasteiger partial charge on any atom is -0.376 e. The number of nitrogens with zero attached hydrogens (tertiary/aromatic N) is 1. The summed E-state index contributed by atoms with van der Waals surface area (Å²) in [5, 5.41) is 5.88. The molecule has 1 amide bonds. The third kappa shape index (κ3) is 5.30. The number of carbonyl (C=O) groups excluding carboxylic acids is 1. The number of anilines is 2. The molecule has 7 heteroatoms. The van der Waals surface area contributed by atoms with E-state index in [1.807, 2.05) is 45.9 Å². The fourth-order valence-corrected chi connectivity index (χ4v) is 4.25. The molecule has 6 nitrogen and oxygen atoms in total. The van der Waals surface area contributed by atoms with Gasteiger partial charge in [-0.25, -0.2) is 8.42 Å². The van der Waals surface area contributed by atoms with Gasteiger partial charge in [0.25, 0.3) is 0 Å². The zero-order valence-electron chi connectivity index (χ0n) is 16.2. The number of nitrogens with one attached hydrogen (secondary N) is 2. The van der Waals surface area contributed by atoms with E-state index in [1.165, 1.54) is 4.31 Å². The SMILES string of the molecule is CCN(CC)S(=O)(=O)c1ccc(NCC(=O)Nc2ccc(C)cc2C)cc1. The summed E-state index contributed by atoms with van der Waals surface area (Å²) in [5.41, 5.74) is 3.62. The molecular weight excluding hydrogens is 362 g/mol. The second-order valence-electron chi connectivity index (χ2n) is 6.33. The second kappa shape index (κ2) is 9.01. The fourth-order valence-electron chi connectivity index (χ4n) is 2.79. The van der Waals surface area contributed by atoms with Gasteiger partial charge in [-0.15, -0.1) is 0 Å². The van der Waals surface area contributed by atoms with E-state index < -0.39 is 10.0 Å². The predicted octanol–water partition coefficient (Wildman–Crippen LogP) is 3.38. The number of benzene rings is 2. The van der Waals surface area contributed by atoms with Crippen molar-refractivity contribution in [1.29, 1.82) is 0 Å². The van der Waals surface area contributed by atoms with Crippen LogP contribution in [-0.2, 0) is 14.8 Å². The number of hydrogen-bond acceptors (Lipinski definition) is 4. The second-order valence-corrected chi connectivity index (χ2v) is 8.27. The highest BCUT2D eigenvalue weighted by molar-refractivity contribution is 7.89. The molecule has 0 radical (unpaired) electrons. The Morgan fingerprint density at radius 3 is 2.19 bits per heavy atom. The molecule has 27 heavy (non-hydrogen) atoms. The predicted molar refractivity (Wildman–Crippen MR) is 110 cm³/mol. The van der Waals surface area contributed by atoms with Gasteiger partial charge in [0.1, 0.15) is 0 Å². The highest BCUT2D eigenvalue weighted by atomic mass is 32.2. The first-order valence-corrected chi connectivity index (χ1v) is 10.4. The number of sulfonamides is 1. The molecule has 0 atom stereocenters. The van der Waals surface area contributed by atoms with Gasteiger partial charge in [-0.3, -0.25) is 4.79 Å². The van der Waals surface area contributed by atoms with E-state index in [0.29, 0.717) is 18.8 Å². The first kappa shape index (κ1) is 20.9. The fraction of sp³-hybridized carbons (Fsp3) is 0.350. The summed E-state index contributed by atoms with van der Waals surface area (Å²) >= 11 is 0. The maximum absolute atomic E-state index is 12.5. The van der Waals surface area contributed by atoms with Crippen LogP contribution in [-0.4, -0.2) is 38.3 Å². The molecule has 2 N–H and O–H groups in total. The Bertz CT molecular complexity index is 889. The highest BCUT2D eigenvalue weighted by Gasteiger charge is 2.21. The van der Waals surface area contributed by atoms with Crippen molar-refractivity contribution in [3.8, 4) is 0 Å². The molecule has 0 unspecified atom stereocenters. The van der Waals surface area contributed by atoms with Crippen molar-refractivity contribution < 1.29 is 13.2 Å². The van der Waals surface area contributed by atoms with E-state index in [1.54, 1.807) is 24.3 Å².